The normalized spacial score (nSPS) is 19.0. The van der Waals surface area contributed by atoms with Crippen LogP contribution in [0.5, 0.6) is 0 Å². The zero-order valence-corrected chi connectivity index (χ0v) is 17.7. The Labute approximate surface area is 179 Å². The maximum Gasteiger partial charge on any atom is 0.248 e. The fourth-order valence-electron chi connectivity index (χ4n) is 3.75. The van der Waals surface area contributed by atoms with Crippen molar-refractivity contribution in [1.29, 1.82) is 0 Å². The first kappa shape index (κ1) is 20.3. The van der Waals surface area contributed by atoms with E-state index in [2.05, 4.69) is 51.7 Å². The summed E-state index contributed by atoms with van der Waals surface area (Å²) in [6, 6.07) is 7.90. The van der Waals surface area contributed by atoms with E-state index in [9.17, 15) is 14.4 Å². The van der Waals surface area contributed by atoms with E-state index in [0.29, 0.717) is 36.8 Å². The van der Waals surface area contributed by atoms with E-state index in [0.717, 1.165) is 13.1 Å². The molecule has 0 aliphatic carbocycles. The number of piperazine rings is 1. The average molecular weight is 428 g/mol. The van der Waals surface area contributed by atoms with Crippen LogP contribution in [0.25, 0.3) is 0 Å². The molecule has 2 N–H and O–H groups in total. The smallest absolute Gasteiger partial charge is 0.248 e. The molecule has 0 spiro atoms. The SMILES string of the molecule is Cc1cccc(N2CCN(C(=O)Cc3csc(NC(=O)C4CCC(=O)N4)n3)CC2)c1. The van der Waals surface area contributed by atoms with Crippen LogP contribution in [0, 0.1) is 6.92 Å². The number of aromatic nitrogens is 1. The molecule has 9 heteroatoms. The van der Waals surface area contributed by atoms with Gasteiger partial charge >= 0.3 is 0 Å². The third kappa shape index (κ3) is 4.79. The number of hydrogen-bond acceptors (Lipinski definition) is 6. The summed E-state index contributed by atoms with van der Waals surface area (Å²) in [7, 11) is 0. The predicted octanol–water partition coefficient (Wildman–Crippen LogP) is 1.56. The molecule has 2 fully saturated rings. The Balaban J connectivity index is 1.27. The molecule has 0 saturated carbocycles. The summed E-state index contributed by atoms with van der Waals surface area (Å²) in [5, 5.41) is 7.61. The number of aryl methyl sites for hydroxylation is 1. The highest BCUT2D eigenvalue weighted by atomic mass is 32.1. The number of anilines is 2. The van der Waals surface area contributed by atoms with Crippen molar-refractivity contribution in [1.82, 2.24) is 15.2 Å². The lowest BCUT2D eigenvalue weighted by Crippen LogP contribution is -2.49. The van der Waals surface area contributed by atoms with Crippen LogP contribution in [0.15, 0.2) is 29.6 Å². The van der Waals surface area contributed by atoms with Gasteiger partial charge < -0.3 is 20.4 Å². The molecule has 1 aromatic carbocycles. The van der Waals surface area contributed by atoms with E-state index in [1.807, 2.05) is 4.90 Å². The monoisotopic (exact) mass is 427 g/mol. The lowest BCUT2D eigenvalue weighted by Gasteiger charge is -2.36. The van der Waals surface area contributed by atoms with Crippen LogP contribution in [0.1, 0.15) is 24.1 Å². The van der Waals surface area contributed by atoms with Gasteiger partial charge in [0.25, 0.3) is 0 Å². The number of carbonyl (C=O) groups excluding carboxylic acids is 3. The van der Waals surface area contributed by atoms with Crippen molar-refractivity contribution >= 4 is 39.9 Å². The molecular formula is C21H25N5O3S. The predicted molar refractivity (Wildman–Crippen MR) is 116 cm³/mol. The molecule has 2 saturated heterocycles. The number of carbonyl (C=O) groups is 3. The molecule has 3 heterocycles. The van der Waals surface area contributed by atoms with Crippen LogP contribution in [-0.4, -0.2) is 59.8 Å². The van der Waals surface area contributed by atoms with Crippen molar-refractivity contribution in [2.45, 2.75) is 32.2 Å². The van der Waals surface area contributed by atoms with E-state index in [1.165, 1.54) is 22.6 Å². The van der Waals surface area contributed by atoms with E-state index in [-0.39, 0.29) is 24.1 Å². The number of benzene rings is 1. The molecule has 2 aliphatic heterocycles. The summed E-state index contributed by atoms with van der Waals surface area (Å²) in [6.07, 6.45) is 1.08. The quantitative estimate of drug-likeness (QED) is 0.755. The second-order valence-electron chi connectivity index (χ2n) is 7.68. The van der Waals surface area contributed by atoms with E-state index < -0.39 is 6.04 Å². The Kier molecular flexibility index (Phi) is 5.98. The molecule has 0 radical (unpaired) electrons. The standard InChI is InChI=1S/C21H25N5O3S/c1-14-3-2-4-16(11-14)25-7-9-26(10-8-25)19(28)12-15-13-30-21(22-15)24-20(29)17-5-6-18(27)23-17/h2-4,11,13,17H,5-10,12H2,1H3,(H,23,27)(H,22,24,29). The first-order valence-electron chi connectivity index (χ1n) is 10.1. The van der Waals surface area contributed by atoms with Crippen molar-refractivity contribution < 1.29 is 14.4 Å². The number of thiazole rings is 1. The second-order valence-corrected chi connectivity index (χ2v) is 8.53. The third-order valence-corrected chi connectivity index (χ3v) is 6.23. The van der Waals surface area contributed by atoms with Gasteiger partial charge in [-0.25, -0.2) is 4.98 Å². The number of amides is 3. The maximum atomic E-state index is 12.7. The van der Waals surface area contributed by atoms with Crippen molar-refractivity contribution in [2.24, 2.45) is 0 Å². The van der Waals surface area contributed by atoms with Gasteiger partial charge in [0.2, 0.25) is 17.7 Å². The first-order chi connectivity index (χ1) is 14.5. The topological polar surface area (TPSA) is 94.6 Å². The van der Waals surface area contributed by atoms with Gasteiger partial charge in [0, 0.05) is 43.7 Å². The van der Waals surface area contributed by atoms with Gasteiger partial charge in [0.1, 0.15) is 6.04 Å². The minimum absolute atomic E-state index is 0.0464. The van der Waals surface area contributed by atoms with Gasteiger partial charge in [0.05, 0.1) is 12.1 Å². The highest BCUT2D eigenvalue weighted by Gasteiger charge is 2.28. The van der Waals surface area contributed by atoms with Crippen molar-refractivity contribution in [3.8, 4) is 0 Å². The third-order valence-electron chi connectivity index (χ3n) is 5.43. The van der Waals surface area contributed by atoms with Gasteiger partial charge in [-0.05, 0) is 31.0 Å². The van der Waals surface area contributed by atoms with Crippen LogP contribution in [0.2, 0.25) is 0 Å². The average Bonchev–Trinajstić information content (AvgIpc) is 3.37. The van der Waals surface area contributed by atoms with Crippen molar-refractivity contribution in [3.63, 3.8) is 0 Å². The molecule has 158 valence electrons. The molecule has 1 aromatic heterocycles. The van der Waals surface area contributed by atoms with Gasteiger partial charge in [-0.3, -0.25) is 14.4 Å². The zero-order chi connectivity index (χ0) is 21.1. The summed E-state index contributed by atoms with van der Waals surface area (Å²) >= 11 is 1.29. The van der Waals surface area contributed by atoms with Gasteiger partial charge in [-0.15, -0.1) is 11.3 Å². The summed E-state index contributed by atoms with van der Waals surface area (Å²) < 4.78 is 0. The highest BCUT2D eigenvalue weighted by Crippen LogP contribution is 2.20. The van der Waals surface area contributed by atoms with E-state index in [1.54, 1.807) is 5.38 Å². The summed E-state index contributed by atoms with van der Waals surface area (Å²) in [5.74, 6) is -0.325. The van der Waals surface area contributed by atoms with Crippen LogP contribution < -0.4 is 15.5 Å². The van der Waals surface area contributed by atoms with E-state index >= 15 is 0 Å². The molecule has 0 bridgehead atoms. The summed E-state index contributed by atoms with van der Waals surface area (Å²) in [5.41, 5.74) is 3.07. The Morgan fingerprint density at radius 2 is 2.07 bits per heavy atom. The van der Waals surface area contributed by atoms with Gasteiger partial charge in [0.15, 0.2) is 5.13 Å². The second kappa shape index (κ2) is 8.83. The first-order valence-corrected chi connectivity index (χ1v) is 11.0. The van der Waals surface area contributed by atoms with Crippen LogP contribution >= 0.6 is 11.3 Å². The fraction of sp³-hybridized carbons (Fsp3) is 0.429. The van der Waals surface area contributed by atoms with E-state index in [4.69, 9.17) is 0 Å². The molecular weight excluding hydrogens is 402 g/mol. The number of nitrogens with zero attached hydrogens (tertiary/aromatic N) is 3. The lowest BCUT2D eigenvalue weighted by molar-refractivity contribution is -0.130. The van der Waals surface area contributed by atoms with Gasteiger partial charge in [-0.1, -0.05) is 12.1 Å². The van der Waals surface area contributed by atoms with Crippen LogP contribution in [-0.2, 0) is 20.8 Å². The van der Waals surface area contributed by atoms with Crippen LogP contribution in [0.4, 0.5) is 10.8 Å². The van der Waals surface area contributed by atoms with Crippen molar-refractivity contribution in [3.05, 3.63) is 40.9 Å². The number of hydrogen-bond donors (Lipinski definition) is 2. The highest BCUT2D eigenvalue weighted by molar-refractivity contribution is 7.13. The van der Waals surface area contributed by atoms with Crippen LogP contribution in [0.3, 0.4) is 0 Å². The minimum Gasteiger partial charge on any atom is -0.368 e. The summed E-state index contributed by atoms with van der Waals surface area (Å²) in [6.45, 7) is 5.06. The molecule has 2 aliphatic rings. The Hall–Kier alpha value is -2.94. The summed E-state index contributed by atoms with van der Waals surface area (Å²) in [4.78, 5) is 44.6. The Morgan fingerprint density at radius 3 is 2.77 bits per heavy atom. The largest absolute Gasteiger partial charge is 0.368 e. The molecule has 1 unspecified atom stereocenters. The van der Waals surface area contributed by atoms with Crippen molar-refractivity contribution in [2.75, 3.05) is 36.4 Å². The number of nitrogens with one attached hydrogen (secondary N) is 2. The molecule has 4 rings (SSSR count). The molecule has 1 atom stereocenters. The molecule has 30 heavy (non-hydrogen) atoms. The molecule has 3 amide bonds. The molecule has 2 aromatic rings. The minimum atomic E-state index is -0.504. The fourth-order valence-corrected chi connectivity index (χ4v) is 4.47. The van der Waals surface area contributed by atoms with Gasteiger partial charge in [-0.2, -0.15) is 0 Å². The zero-order valence-electron chi connectivity index (χ0n) is 16.9. The lowest BCUT2D eigenvalue weighted by atomic mass is 10.2. The Morgan fingerprint density at radius 1 is 1.27 bits per heavy atom. The Bertz CT molecular complexity index is 952. The number of rotatable bonds is 5. The maximum absolute atomic E-state index is 12.7. The molecule has 8 nitrogen and oxygen atoms in total.